The van der Waals surface area contributed by atoms with E-state index in [1.807, 2.05) is 32.9 Å². The third kappa shape index (κ3) is 6.98. The number of hydrogen-bond acceptors (Lipinski definition) is 5. The Morgan fingerprint density at radius 3 is 2.07 bits per heavy atom. The van der Waals surface area contributed by atoms with Crippen LogP contribution in [0.1, 0.15) is 30.9 Å². The molecule has 7 nitrogen and oxygen atoms in total. The van der Waals surface area contributed by atoms with Crippen LogP contribution >= 0.6 is 15.9 Å². The van der Waals surface area contributed by atoms with Crippen LogP contribution in [-0.2, 0) is 9.59 Å². The van der Waals surface area contributed by atoms with Crippen molar-refractivity contribution >= 4 is 27.7 Å². The van der Waals surface area contributed by atoms with Crippen LogP contribution in [-0.4, -0.2) is 32.1 Å². The summed E-state index contributed by atoms with van der Waals surface area (Å²) in [6, 6.07) is 10.7. The highest BCUT2D eigenvalue weighted by Gasteiger charge is 2.13. The monoisotopic (exact) mass is 464 g/mol. The van der Waals surface area contributed by atoms with Crippen LogP contribution in [0.3, 0.4) is 0 Å². The number of carbonyl (C=O) groups is 2. The maximum Gasteiger partial charge on any atom is 0.276 e. The number of halogens is 1. The van der Waals surface area contributed by atoms with Crippen LogP contribution in [0.2, 0.25) is 0 Å². The molecule has 2 amide bonds. The van der Waals surface area contributed by atoms with Crippen LogP contribution in [0.15, 0.2) is 40.9 Å². The van der Waals surface area contributed by atoms with Gasteiger partial charge in [0.2, 0.25) is 0 Å². The summed E-state index contributed by atoms with van der Waals surface area (Å²) < 4.78 is 17.0. The summed E-state index contributed by atoms with van der Waals surface area (Å²) in [7, 11) is 1.57. The van der Waals surface area contributed by atoms with Crippen molar-refractivity contribution in [3.63, 3.8) is 0 Å². The first kappa shape index (κ1) is 22.5. The fraction of sp³-hybridized carbons (Fsp3) is 0.333. The minimum Gasteiger partial charge on any atom is -0.497 e. The van der Waals surface area contributed by atoms with E-state index in [2.05, 4.69) is 26.8 Å². The Kier molecular flexibility index (Phi) is 8.33. The fourth-order valence-electron chi connectivity index (χ4n) is 2.42. The van der Waals surface area contributed by atoms with Gasteiger partial charge in [-0.3, -0.25) is 20.4 Å². The van der Waals surface area contributed by atoms with Crippen molar-refractivity contribution in [2.45, 2.75) is 26.7 Å². The van der Waals surface area contributed by atoms with Crippen LogP contribution in [0.25, 0.3) is 0 Å². The van der Waals surface area contributed by atoms with Crippen LogP contribution in [0.4, 0.5) is 0 Å². The number of ether oxygens (including phenoxy) is 3. The lowest BCUT2D eigenvalue weighted by Gasteiger charge is -2.16. The number of hydrazine groups is 1. The molecule has 0 atom stereocenters. The van der Waals surface area contributed by atoms with Crippen molar-refractivity contribution in [3.8, 4) is 17.2 Å². The number of nitrogens with one attached hydrogen (secondary N) is 2. The summed E-state index contributed by atoms with van der Waals surface area (Å²) in [5, 5.41) is 0. The number of rotatable bonds is 8. The Labute approximate surface area is 178 Å². The Balaban J connectivity index is 1.78. The number of amides is 2. The highest BCUT2D eigenvalue weighted by molar-refractivity contribution is 9.10. The van der Waals surface area contributed by atoms with Crippen molar-refractivity contribution in [1.82, 2.24) is 10.9 Å². The zero-order valence-corrected chi connectivity index (χ0v) is 18.5. The topological polar surface area (TPSA) is 85.9 Å². The summed E-state index contributed by atoms with van der Waals surface area (Å²) in [4.78, 5) is 23.8. The van der Waals surface area contributed by atoms with Gasteiger partial charge in [-0.25, -0.2) is 0 Å². The predicted octanol–water partition coefficient (Wildman–Crippen LogP) is 3.49. The number of methoxy groups -OCH3 is 1. The van der Waals surface area contributed by atoms with Gasteiger partial charge in [-0.05, 0) is 60.4 Å². The second-order valence-electron chi connectivity index (χ2n) is 6.64. The van der Waals surface area contributed by atoms with E-state index in [4.69, 9.17) is 14.2 Å². The second-order valence-corrected chi connectivity index (χ2v) is 7.50. The molecule has 0 bridgehead atoms. The standard InChI is InChI=1S/C21H25BrN2O5/c1-13(2)17-10-18(22)14(3)9-19(17)29-12-21(26)24-23-20(25)11-28-16-7-5-15(27-4)6-8-16/h5-10,13H,11-12H2,1-4H3,(H,23,25)(H,24,26). The molecule has 156 valence electrons. The lowest BCUT2D eigenvalue weighted by Crippen LogP contribution is -2.45. The van der Waals surface area contributed by atoms with Gasteiger partial charge in [-0.15, -0.1) is 0 Å². The van der Waals surface area contributed by atoms with E-state index in [1.165, 1.54) is 0 Å². The molecule has 0 heterocycles. The van der Waals surface area contributed by atoms with Gasteiger partial charge in [-0.2, -0.15) is 0 Å². The Morgan fingerprint density at radius 2 is 1.52 bits per heavy atom. The average molecular weight is 465 g/mol. The quantitative estimate of drug-likeness (QED) is 0.583. The second kappa shape index (κ2) is 10.7. The number of aryl methyl sites for hydroxylation is 1. The van der Waals surface area contributed by atoms with Crippen molar-refractivity contribution < 1.29 is 23.8 Å². The van der Waals surface area contributed by atoms with Gasteiger partial charge in [-0.1, -0.05) is 29.8 Å². The summed E-state index contributed by atoms with van der Waals surface area (Å²) in [5.74, 6) is 1.12. The molecule has 0 aliphatic heterocycles. The molecule has 0 unspecified atom stereocenters. The van der Waals surface area contributed by atoms with Gasteiger partial charge in [0.1, 0.15) is 17.2 Å². The van der Waals surface area contributed by atoms with E-state index in [9.17, 15) is 9.59 Å². The molecule has 8 heteroatoms. The highest BCUT2D eigenvalue weighted by Crippen LogP contribution is 2.32. The van der Waals surface area contributed by atoms with Gasteiger partial charge >= 0.3 is 0 Å². The van der Waals surface area contributed by atoms with E-state index < -0.39 is 11.8 Å². The van der Waals surface area contributed by atoms with Crippen molar-refractivity contribution in [3.05, 3.63) is 52.0 Å². The van der Waals surface area contributed by atoms with Gasteiger partial charge in [0.25, 0.3) is 11.8 Å². The van der Waals surface area contributed by atoms with E-state index in [1.54, 1.807) is 31.4 Å². The molecule has 0 saturated carbocycles. The van der Waals surface area contributed by atoms with Gasteiger partial charge in [0.15, 0.2) is 13.2 Å². The molecule has 0 aliphatic rings. The molecule has 0 aliphatic carbocycles. The molecule has 29 heavy (non-hydrogen) atoms. The molecule has 0 spiro atoms. The average Bonchev–Trinajstić information content (AvgIpc) is 2.71. The maximum absolute atomic E-state index is 12.0. The van der Waals surface area contributed by atoms with E-state index in [0.717, 1.165) is 15.6 Å². The minimum absolute atomic E-state index is 0.222. The molecule has 2 aromatic rings. The maximum atomic E-state index is 12.0. The van der Waals surface area contributed by atoms with Crippen LogP contribution in [0, 0.1) is 6.92 Å². The molecule has 0 saturated heterocycles. The molecule has 0 fully saturated rings. The molecule has 0 aromatic heterocycles. The normalized spacial score (nSPS) is 10.4. The predicted molar refractivity (Wildman–Crippen MR) is 113 cm³/mol. The lowest BCUT2D eigenvalue weighted by molar-refractivity contribution is -0.131. The number of carbonyl (C=O) groups excluding carboxylic acids is 2. The molecular formula is C21H25BrN2O5. The molecule has 0 radical (unpaired) electrons. The fourth-order valence-corrected chi connectivity index (χ4v) is 2.78. The van der Waals surface area contributed by atoms with E-state index >= 15 is 0 Å². The van der Waals surface area contributed by atoms with Gasteiger partial charge in [0, 0.05) is 4.47 Å². The van der Waals surface area contributed by atoms with E-state index in [-0.39, 0.29) is 19.1 Å². The van der Waals surface area contributed by atoms with Crippen molar-refractivity contribution in [1.29, 1.82) is 0 Å². The molecule has 2 rings (SSSR count). The summed E-state index contributed by atoms with van der Waals surface area (Å²) >= 11 is 3.51. The van der Waals surface area contributed by atoms with Crippen molar-refractivity contribution in [2.75, 3.05) is 20.3 Å². The summed E-state index contributed by atoms with van der Waals surface area (Å²) in [5.41, 5.74) is 6.60. The third-order valence-corrected chi connectivity index (χ3v) is 4.90. The zero-order chi connectivity index (χ0) is 21.4. The Hall–Kier alpha value is -2.74. The minimum atomic E-state index is -0.489. The number of hydrogen-bond donors (Lipinski definition) is 2. The largest absolute Gasteiger partial charge is 0.497 e. The smallest absolute Gasteiger partial charge is 0.276 e. The van der Waals surface area contributed by atoms with Gasteiger partial charge < -0.3 is 14.2 Å². The van der Waals surface area contributed by atoms with Gasteiger partial charge in [0.05, 0.1) is 7.11 Å². The summed E-state index contributed by atoms with van der Waals surface area (Å²) in [6.07, 6.45) is 0. The molecule has 2 N–H and O–H groups in total. The first-order valence-corrected chi connectivity index (χ1v) is 9.86. The first-order chi connectivity index (χ1) is 13.8. The highest BCUT2D eigenvalue weighted by atomic mass is 79.9. The number of benzene rings is 2. The summed E-state index contributed by atoms with van der Waals surface area (Å²) in [6.45, 7) is 5.58. The SMILES string of the molecule is COc1ccc(OCC(=O)NNC(=O)COc2cc(C)c(Br)cc2C(C)C)cc1. The zero-order valence-electron chi connectivity index (χ0n) is 16.9. The third-order valence-electron chi connectivity index (χ3n) is 4.04. The van der Waals surface area contributed by atoms with Crippen LogP contribution in [0.5, 0.6) is 17.2 Å². The van der Waals surface area contributed by atoms with Crippen molar-refractivity contribution in [2.24, 2.45) is 0 Å². The molecular weight excluding hydrogens is 440 g/mol. The lowest BCUT2D eigenvalue weighted by atomic mass is 10.0. The first-order valence-electron chi connectivity index (χ1n) is 9.07. The molecule has 2 aromatic carbocycles. The van der Waals surface area contributed by atoms with E-state index in [0.29, 0.717) is 17.2 Å². The van der Waals surface area contributed by atoms with Crippen LogP contribution < -0.4 is 25.1 Å². The Bertz CT molecular complexity index is 853. The Morgan fingerprint density at radius 1 is 0.966 bits per heavy atom.